The summed E-state index contributed by atoms with van der Waals surface area (Å²) in [6, 6.07) is 27.3. The van der Waals surface area contributed by atoms with Gasteiger partial charge < -0.3 is 9.42 Å². The molecular weight excluding hydrogens is 370 g/mol. The molecule has 1 aliphatic carbocycles. The number of allylic oxidation sites excluding steroid dienone is 2. The molecule has 0 aromatic heterocycles. The van der Waals surface area contributed by atoms with E-state index in [1.807, 2.05) is 60.7 Å². The minimum atomic E-state index is -1.25. The van der Waals surface area contributed by atoms with Crippen molar-refractivity contribution in [3.8, 4) is 0 Å². The number of benzene rings is 3. The molecule has 30 heavy (non-hydrogen) atoms. The SMILES string of the molecule is CC1CC=CC(C(c2ccccc2)C(O)(c2ccccc2)c2ccc([B]F)cc2)C1. The normalized spacial score (nSPS) is 21.6. The predicted octanol–water partition coefficient (Wildman–Crippen LogP) is 5.52. The quantitative estimate of drug-likeness (QED) is 0.429. The number of halogens is 1. The van der Waals surface area contributed by atoms with Crippen LogP contribution in [0.3, 0.4) is 0 Å². The molecule has 151 valence electrons. The number of hydrogen-bond acceptors (Lipinski definition) is 1. The van der Waals surface area contributed by atoms with Gasteiger partial charge in [-0.05, 0) is 46.8 Å². The summed E-state index contributed by atoms with van der Waals surface area (Å²) in [5.41, 5.74) is 1.98. The van der Waals surface area contributed by atoms with Crippen LogP contribution < -0.4 is 5.46 Å². The third-order valence-corrected chi connectivity index (χ3v) is 6.32. The van der Waals surface area contributed by atoms with Crippen molar-refractivity contribution in [1.29, 1.82) is 0 Å². The first-order chi connectivity index (χ1) is 14.6. The largest absolute Gasteiger partial charge is 0.391 e. The Morgan fingerprint density at radius 2 is 1.50 bits per heavy atom. The molecule has 1 aliphatic rings. The molecule has 0 bridgehead atoms. The first-order valence-electron chi connectivity index (χ1n) is 10.7. The minimum Gasteiger partial charge on any atom is -0.380 e. The summed E-state index contributed by atoms with van der Waals surface area (Å²) in [6.07, 6.45) is 6.61. The smallest absolute Gasteiger partial charge is 0.380 e. The molecule has 4 unspecified atom stereocenters. The third kappa shape index (κ3) is 4.00. The molecule has 0 saturated heterocycles. The third-order valence-electron chi connectivity index (χ3n) is 6.32. The van der Waals surface area contributed by atoms with Crippen molar-refractivity contribution in [2.75, 3.05) is 0 Å². The van der Waals surface area contributed by atoms with E-state index < -0.39 is 5.60 Å². The highest BCUT2D eigenvalue weighted by Crippen LogP contribution is 2.49. The van der Waals surface area contributed by atoms with Crippen LogP contribution in [0.1, 0.15) is 42.4 Å². The van der Waals surface area contributed by atoms with E-state index in [9.17, 15) is 9.42 Å². The molecular formula is C27H27BFO. The zero-order valence-electron chi connectivity index (χ0n) is 17.3. The van der Waals surface area contributed by atoms with Crippen molar-refractivity contribution in [2.24, 2.45) is 11.8 Å². The van der Waals surface area contributed by atoms with E-state index in [-0.39, 0.29) is 11.8 Å². The van der Waals surface area contributed by atoms with Crippen LogP contribution in [0.2, 0.25) is 0 Å². The average molecular weight is 397 g/mol. The Hall–Kier alpha value is -2.65. The topological polar surface area (TPSA) is 20.2 Å². The highest BCUT2D eigenvalue weighted by atomic mass is 19.1. The molecule has 1 nitrogen and oxygen atoms in total. The molecule has 0 spiro atoms. The maximum absolute atomic E-state index is 13.0. The van der Waals surface area contributed by atoms with Crippen molar-refractivity contribution < 1.29 is 9.42 Å². The van der Waals surface area contributed by atoms with Gasteiger partial charge in [-0.25, -0.2) is 0 Å². The Morgan fingerprint density at radius 1 is 0.900 bits per heavy atom. The summed E-state index contributed by atoms with van der Waals surface area (Å²) in [6.45, 7) is 2.27. The molecule has 3 aromatic rings. The van der Waals surface area contributed by atoms with Crippen molar-refractivity contribution in [3.05, 3.63) is 114 Å². The van der Waals surface area contributed by atoms with E-state index in [1.165, 1.54) is 0 Å². The summed E-state index contributed by atoms with van der Waals surface area (Å²) < 4.78 is 13.0. The first kappa shape index (κ1) is 20.6. The number of rotatable bonds is 6. The summed E-state index contributed by atoms with van der Waals surface area (Å²) in [5.74, 6) is 0.587. The lowest BCUT2D eigenvalue weighted by Crippen LogP contribution is -2.39. The van der Waals surface area contributed by atoms with E-state index in [1.54, 1.807) is 12.1 Å². The fraction of sp³-hybridized carbons (Fsp3) is 0.259. The molecule has 4 rings (SSSR count). The maximum Gasteiger partial charge on any atom is 0.391 e. The van der Waals surface area contributed by atoms with Gasteiger partial charge in [-0.1, -0.05) is 104 Å². The van der Waals surface area contributed by atoms with E-state index >= 15 is 0 Å². The van der Waals surface area contributed by atoms with Gasteiger partial charge in [0.1, 0.15) is 5.60 Å². The molecule has 0 aliphatic heterocycles. The van der Waals surface area contributed by atoms with Crippen molar-refractivity contribution in [2.45, 2.75) is 31.3 Å². The summed E-state index contributed by atoms with van der Waals surface area (Å²) >= 11 is 0. The van der Waals surface area contributed by atoms with Gasteiger partial charge in [0.05, 0.1) is 0 Å². The highest BCUT2D eigenvalue weighted by molar-refractivity contribution is 6.46. The molecule has 0 fully saturated rings. The van der Waals surface area contributed by atoms with Gasteiger partial charge in [0, 0.05) is 5.92 Å². The Labute approximate surface area is 179 Å². The maximum atomic E-state index is 13.0. The Morgan fingerprint density at radius 3 is 2.10 bits per heavy atom. The molecule has 1 radical (unpaired) electrons. The van der Waals surface area contributed by atoms with Crippen LogP contribution in [0.15, 0.2) is 97.1 Å². The van der Waals surface area contributed by atoms with Gasteiger partial charge in [0.25, 0.3) is 0 Å². The Balaban J connectivity index is 1.93. The molecule has 1 N–H and O–H groups in total. The second kappa shape index (κ2) is 9.01. The zero-order chi connectivity index (χ0) is 21.0. The molecule has 4 atom stereocenters. The van der Waals surface area contributed by atoms with Gasteiger partial charge in [-0.3, -0.25) is 0 Å². The molecule has 3 aromatic carbocycles. The lowest BCUT2D eigenvalue weighted by Gasteiger charge is -2.43. The summed E-state index contributed by atoms with van der Waals surface area (Å²) in [7, 11) is 0.589. The van der Waals surface area contributed by atoms with Crippen LogP contribution in [-0.4, -0.2) is 12.7 Å². The second-order valence-electron chi connectivity index (χ2n) is 8.42. The lowest BCUT2D eigenvalue weighted by atomic mass is 9.64. The van der Waals surface area contributed by atoms with Gasteiger partial charge >= 0.3 is 7.56 Å². The predicted molar refractivity (Wildman–Crippen MR) is 123 cm³/mol. The minimum absolute atomic E-state index is 0.166. The van der Waals surface area contributed by atoms with Crippen LogP contribution >= 0.6 is 0 Å². The average Bonchev–Trinajstić information content (AvgIpc) is 2.80. The monoisotopic (exact) mass is 397 g/mol. The molecule has 0 amide bonds. The van der Waals surface area contributed by atoms with Gasteiger partial charge in [0.15, 0.2) is 0 Å². The van der Waals surface area contributed by atoms with Crippen molar-refractivity contribution >= 4 is 13.0 Å². The van der Waals surface area contributed by atoms with Crippen LogP contribution in [0.5, 0.6) is 0 Å². The Kier molecular flexibility index (Phi) is 6.20. The van der Waals surface area contributed by atoms with Gasteiger partial charge in [-0.2, -0.15) is 0 Å². The van der Waals surface area contributed by atoms with Crippen LogP contribution in [0.25, 0.3) is 0 Å². The summed E-state index contributed by atoms with van der Waals surface area (Å²) in [5, 5.41) is 12.5. The fourth-order valence-electron chi connectivity index (χ4n) is 4.86. The van der Waals surface area contributed by atoms with Crippen LogP contribution in [0, 0.1) is 11.8 Å². The summed E-state index contributed by atoms with van der Waals surface area (Å²) in [4.78, 5) is 0. The standard InChI is InChI=1S/C27H27BFO/c1-20-9-8-12-22(19-20)26(21-10-4-2-5-11-21)27(30,23-13-6-3-7-14-23)24-15-17-25(28-29)18-16-24/h2-8,10-18,20,22,26,30H,9,19H2,1H3. The van der Waals surface area contributed by atoms with Crippen LogP contribution in [0.4, 0.5) is 4.32 Å². The van der Waals surface area contributed by atoms with Gasteiger partial charge in [-0.15, -0.1) is 0 Å². The molecule has 0 saturated carbocycles. The number of aliphatic hydroxyl groups is 1. The Bertz CT molecular complexity index is 971. The van der Waals surface area contributed by atoms with E-state index in [0.29, 0.717) is 18.9 Å². The highest BCUT2D eigenvalue weighted by Gasteiger charge is 2.45. The van der Waals surface area contributed by atoms with Crippen molar-refractivity contribution in [3.63, 3.8) is 0 Å². The fourth-order valence-corrected chi connectivity index (χ4v) is 4.86. The van der Waals surface area contributed by atoms with E-state index in [4.69, 9.17) is 0 Å². The van der Waals surface area contributed by atoms with Gasteiger partial charge in [0.2, 0.25) is 0 Å². The number of hydrogen-bond donors (Lipinski definition) is 1. The van der Waals surface area contributed by atoms with Crippen LogP contribution in [-0.2, 0) is 5.60 Å². The molecule has 0 heterocycles. The van der Waals surface area contributed by atoms with E-state index in [0.717, 1.165) is 29.5 Å². The lowest BCUT2D eigenvalue weighted by molar-refractivity contribution is 0.0294. The van der Waals surface area contributed by atoms with Crippen molar-refractivity contribution in [1.82, 2.24) is 0 Å². The second-order valence-corrected chi connectivity index (χ2v) is 8.42. The van der Waals surface area contributed by atoms with E-state index in [2.05, 4.69) is 31.2 Å². The molecule has 3 heteroatoms. The zero-order valence-corrected chi connectivity index (χ0v) is 17.3. The first-order valence-corrected chi connectivity index (χ1v) is 10.7.